The van der Waals surface area contributed by atoms with Crippen LogP contribution < -0.4 is 5.32 Å². The topological polar surface area (TPSA) is 62.2 Å². The molecule has 2 N–H and O–H groups in total. The number of carboxylic acids is 1. The van der Waals surface area contributed by atoms with E-state index in [0.29, 0.717) is 11.2 Å². The van der Waals surface area contributed by atoms with Crippen LogP contribution in [0, 0.1) is 5.82 Å². The van der Waals surface area contributed by atoms with Crippen LogP contribution in [-0.4, -0.2) is 23.1 Å². The fourth-order valence-corrected chi connectivity index (χ4v) is 3.19. The molecule has 0 unspecified atom stereocenters. The summed E-state index contributed by atoms with van der Waals surface area (Å²) < 4.78 is 13.5. The van der Waals surface area contributed by atoms with Gasteiger partial charge in [0.05, 0.1) is 16.8 Å². The molecule has 0 saturated carbocycles. The summed E-state index contributed by atoms with van der Waals surface area (Å²) in [6, 6.07) is 21.3. The highest BCUT2D eigenvalue weighted by molar-refractivity contribution is 6.03. The van der Waals surface area contributed by atoms with Crippen molar-refractivity contribution in [2.24, 2.45) is 0 Å². The Hall–Kier alpha value is -3.73. The molecule has 28 heavy (non-hydrogen) atoms. The Morgan fingerprint density at radius 3 is 2.11 bits per heavy atom. The molecule has 3 aromatic carbocycles. The van der Waals surface area contributed by atoms with E-state index in [2.05, 4.69) is 10.3 Å². The van der Waals surface area contributed by atoms with Gasteiger partial charge in [0, 0.05) is 23.7 Å². The van der Waals surface area contributed by atoms with Gasteiger partial charge in [0.25, 0.3) is 0 Å². The molecule has 1 heterocycles. The van der Waals surface area contributed by atoms with Crippen LogP contribution in [0.5, 0.6) is 0 Å². The highest BCUT2D eigenvalue weighted by Crippen LogP contribution is 2.28. The van der Waals surface area contributed by atoms with Crippen LogP contribution >= 0.6 is 0 Å². The number of carboxylic acid groups (broad SMARTS) is 1. The minimum Gasteiger partial charge on any atom is -0.478 e. The van der Waals surface area contributed by atoms with Gasteiger partial charge in [-0.3, -0.25) is 0 Å². The highest BCUT2D eigenvalue weighted by atomic mass is 19.1. The lowest BCUT2D eigenvalue weighted by molar-refractivity contribution is 0.0699. The van der Waals surface area contributed by atoms with Gasteiger partial charge in [-0.1, -0.05) is 36.4 Å². The first-order valence-electron chi connectivity index (χ1n) is 8.77. The van der Waals surface area contributed by atoms with Gasteiger partial charge in [0.1, 0.15) is 5.82 Å². The Morgan fingerprint density at radius 1 is 0.893 bits per heavy atom. The molecule has 5 heteroatoms. The second kappa shape index (κ2) is 7.12. The average Bonchev–Trinajstić information content (AvgIpc) is 2.73. The van der Waals surface area contributed by atoms with Crippen molar-refractivity contribution in [1.82, 2.24) is 4.98 Å². The minimum atomic E-state index is -1.11. The third kappa shape index (κ3) is 3.30. The number of aromatic nitrogens is 1. The Labute approximate surface area is 161 Å². The zero-order valence-electron chi connectivity index (χ0n) is 15.1. The van der Waals surface area contributed by atoms with E-state index in [1.54, 1.807) is 0 Å². The number of benzene rings is 3. The van der Waals surface area contributed by atoms with Crippen LogP contribution in [0.4, 0.5) is 10.1 Å². The maximum Gasteiger partial charge on any atom is 0.336 e. The van der Waals surface area contributed by atoms with Crippen LogP contribution in [-0.2, 0) is 0 Å². The summed E-state index contributed by atoms with van der Waals surface area (Å²) in [6.07, 6.45) is 0. The van der Waals surface area contributed by atoms with Gasteiger partial charge in [-0.25, -0.2) is 14.2 Å². The predicted molar refractivity (Wildman–Crippen MR) is 109 cm³/mol. The number of hydrogen-bond acceptors (Lipinski definition) is 3. The van der Waals surface area contributed by atoms with Gasteiger partial charge in [0.15, 0.2) is 0 Å². The quantitative estimate of drug-likeness (QED) is 0.500. The molecule has 0 aliphatic rings. The Morgan fingerprint density at radius 2 is 1.50 bits per heavy atom. The predicted octanol–water partition coefficient (Wildman–Crippen LogP) is 5.45. The van der Waals surface area contributed by atoms with Gasteiger partial charge in [0.2, 0.25) is 0 Å². The normalized spacial score (nSPS) is 10.8. The van der Waals surface area contributed by atoms with E-state index in [9.17, 15) is 14.3 Å². The van der Waals surface area contributed by atoms with Crippen LogP contribution in [0.15, 0.2) is 72.8 Å². The first kappa shape index (κ1) is 17.7. The SMILES string of the molecule is CNc1ccc(-c2ccc(-c3cc(C(=O)O)c4cc(F)ccc4n3)cc2)cc1. The molecule has 0 fully saturated rings. The number of rotatable bonds is 4. The number of nitrogens with one attached hydrogen (secondary N) is 1. The molecule has 138 valence electrons. The molecule has 0 saturated heterocycles. The lowest BCUT2D eigenvalue weighted by Crippen LogP contribution is -2.00. The largest absolute Gasteiger partial charge is 0.478 e. The summed E-state index contributed by atoms with van der Waals surface area (Å²) in [6.45, 7) is 0. The number of nitrogens with zero attached hydrogens (tertiary/aromatic N) is 1. The summed E-state index contributed by atoms with van der Waals surface area (Å²) in [5.41, 5.74) is 4.98. The third-order valence-corrected chi connectivity index (χ3v) is 4.69. The van der Waals surface area contributed by atoms with Gasteiger partial charge in [-0.2, -0.15) is 0 Å². The molecular formula is C23H17FN2O2. The van der Waals surface area contributed by atoms with E-state index < -0.39 is 11.8 Å². The summed E-state index contributed by atoms with van der Waals surface area (Å²) >= 11 is 0. The molecule has 0 radical (unpaired) electrons. The van der Waals surface area contributed by atoms with Crippen molar-refractivity contribution in [1.29, 1.82) is 0 Å². The standard InChI is InChI=1S/C23H17FN2O2/c1-25-18-9-6-15(7-10-18)14-2-4-16(5-3-14)22-13-20(23(27)28)19-12-17(24)8-11-21(19)26-22/h2-13,25H,1H3,(H,27,28). The van der Waals surface area contributed by atoms with E-state index in [1.807, 2.05) is 55.6 Å². The van der Waals surface area contributed by atoms with E-state index in [4.69, 9.17) is 0 Å². The number of aromatic carboxylic acids is 1. The fourth-order valence-electron chi connectivity index (χ4n) is 3.19. The number of anilines is 1. The van der Waals surface area contributed by atoms with Crippen molar-refractivity contribution in [3.63, 3.8) is 0 Å². The first-order chi connectivity index (χ1) is 13.5. The van der Waals surface area contributed by atoms with Crippen molar-refractivity contribution in [2.75, 3.05) is 12.4 Å². The maximum absolute atomic E-state index is 13.5. The lowest BCUT2D eigenvalue weighted by Gasteiger charge is -2.09. The van der Waals surface area contributed by atoms with E-state index in [0.717, 1.165) is 22.4 Å². The number of halogens is 1. The zero-order chi connectivity index (χ0) is 19.7. The number of pyridine rings is 1. The summed E-state index contributed by atoms with van der Waals surface area (Å²) in [7, 11) is 1.88. The molecule has 0 spiro atoms. The molecule has 4 nitrogen and oxygen atoms in total. The second-order valence-corrected chi connectivity index (χ2v) is 6.43. The van der Waals surface area contributed by atoms with Gasteiger partial charge >= 0.3 is 5.97 Å². The Kier molecular flexibility index (Phi) is 4.49. The monoisotopic (exact) mass is 372 g/mol. The minimum absolute atomic E-state index is 0.0335. The maximum atomic E-state index is 13.5. The van der Waals surface area contributed by atoms with Crippen molar-refractivity contribution in [3.05, 3.63) is 84.2 Å². The smallest absolute Gasteiger partial charge is 0.336 e. The van der Waals surface area contributed by atoms with Crippen LogP contribution in [0.2, 0.25) is 0 Å². The van der Waals surface area contributed by atoms with E-state index >= 15 is 0 Å². The van der Waals surface area contributed by atoms with E-state index in [1.165, 1.54) is 24.3 Å². The van der Waals surface area contributed by atoms with E-state index in [-0.39, 0.29) is 10.9 Å². The average molecular weight is 372 g/mol. The molecule has 0 aliphatic heterocycles. The first-order valence-corrected chi connectivity index (χ1v) is 8.77. The van der Waals surface area contributed by atoms with Gasteiger partial charge in [-0.05, 0) is 47.5 Å². The van der Waals surface area contributed by atoms with Crippen molar-refractivity contribution in [3.8, 4) is 22.4 Å². The van der Waals surface area contributed by atoms with Gasteiger partial charge in [-0.15, -0.1) is 0 Å². The number of carbonyl (C=O) groups is 1. The zero-order valence-corrected chi connectivity index (χ0v) is 15.1. The fraction of sp³-hybridized carbons (Fsp3) is 0.0435. The van der Waals surface area contributed by atoms with Crippen LogP contribution in [0.1, 0.15) is 10.4 Å². The molecular weight excluding hydrogens is 355 g/mol. The van der Waals surface area contributed by atoms with Crippen molar-refractivity contribution < 1.29 is 14.3 Å². The Bertz CT molecular complexity index is 1170. The summed E-state index contributed by atoms with van der Waals surface area (Å²) in [5.74, 6) is -1.60. The van der Waals surface area contributed by atoms with Crippen molar-refractivity contribution >= 4 is 22.6 Å². The van der Waals surface area contributed by atoms with Crippen LogP contribution in [0.3, 0.4) is 0 Å². The third-order valence-electron chi connectivity index (χ3n) is 4.69. The van der Waals surface area contributed by atoms with Gasteiger partial charge < -0.3 is 10.4 Å². The molecule has 4 rings (SSSR count). The Balaban J connectivity index is 1.75. The highest BCUT2D eigenvalue weighted by Gasteiger charge is 2.14. The number of hydrogen-bond donors (Lipinski definition) is 2. The van der Waals surface area contributed by atoms with Crippen LogP contribution in [0.25, 0.3) is 33.3 Å². The molecule has 4 aromatic rings. The molecule has 0 bridgehead atoms. The molecule has 0 atom stereocenters. The molecule has 1 aromatic heterocycles. The van der Waals surface area contributed by atoms with Crippen molar-refractivity contribution in [2.45, 2.75) is 0 Å². The second-order valence-electron chi connectivity index (χ2n) is 6.43. The molecule has 0 aliphatic carbocycles. The molecule has 0 amide bonds. The summed E-state index contributed by atoms with van der Waals surface area (Å²) in [4.78, 5) is 16.2. The lowest BCUT2D eigenvalue weighted by atomic mass is 10.0. The number of fused-ring (bicyclic) bond motifs is 1. The summed E-state index contributed by atoms with van der Waals surface area (Å²) in [5, 5.41) is 12.9.